The molecule has 0 aliphatic rings. The van der Waals surface area contributed by atoms with Crippen LogP contribution in [0.1, 0.15) is 53.4 Å². The van der Waals surface area contributed by atoms with Crippen LogP contribution in [0.3, 0.4) is 0 Å². The van der Waals surface area contributed by atoms with Crippen LogP contribution in [0.4, 0.5) is 0 Å². The first-order valence-electron chi connectivity index (χ1n) is 5.41. The molecule has 92 valence electrons. The van der Waals surface area contributed by atoms with Crippen molar-refractivity contribution in [3.63, 3.8) is 0 Å². The average molecular weight is 294 g/mol. The van der Waals surface area contributed by atoms with Crippen LogP contribution in [0.15, 0.2) is 0 Å². The summed E-state index contributed by atoms with van der Waals surface area (Å²) in [6.45, 7) is 16.6. The summed E-state index contributed by atoms with van der Waals surface area (Å²) < 4.78 is 4.83. The van der Waals surface area contributed by atoms with E-state index < -0.39 is 0 Å². The third-order valence-electron chi connectivity index (χ3n) is 1.26. The van der Waals surface area contributed by atoms with Gasteiger partial charge in [-0.05, 0) is 13.8 Å². The molecule has 0 aromatic carbocycles. The molecule has 0 fully saturated rings. The molecule has 0 bridgehead atoms. The van der Waals surface area contributed by atoms with Gasteiger partial charge in [0.2, 0.25) is 0 Å². The number of halogens is 1. The summed E-state index contributed by atoms with van der Waals surface area (Å²) in [5, 5.41) is 0. The van der Waals surface area contributed by atoms with E-state index in [-0.39, 0.29) is 40.0 Å². The zero-order valence-electron chi connectivity index (χ0n) is 11.2. The fourth-order valence-electron chi connectivity index (χ4n) is 0.631. The molecule has 1 nitrogen and oxygen atoms in total. The van der Waals surface area contributed by atoms with Gasteiger partial charge in [0.05, 0.1) is 0 Å². The van der Waals surface area contributed by atoms with E-state index in [1.54, 1.807) is 6.92 Å². The summed E-state index contributed by atoms with van der Waals surface area (Å²) in [7, 11) is 0. The van der Waals surface area contributed by atoms with Gasteiger partial charge in [-0.3, -0.25) is 0 Å². The van der Waals surface area contributed by atoms with Crippen LogP contribution in [0.25, 0.3) is 0 Å². The topological polar surface area (TPSA) is 9.23 Å². The van der Waals surface area contributed by atoms with E-state index in [1.807, 2.05) is 13.8 Å². The Morgan fingerprint density at radius 2 is 1.33 bits per heavy atom. The second kappa shape index (κ2) is 45.6. The Bertz CT molecular complexity index is 48.9. The van der Waals surface area contributed by atoms with Gasteiger partial charge >= 0.3 is 23.1 Å². The molecule has 0 radical (unpaired) electrons. The van der Waals surface area contributed by atoms with Gasteiger partial charge in [-0.2, -0.15) is 13.3 Å². The number of hydrogen-bond acceptors (Lipinski definition) is 1. The van der Waals surface area contributed by atoms with Crippen LogP contribution < -0.4 is 0 Å². The van der Waals surface area contributed by atoms with E-state index in [0.717, 1.165) is 19.6 Å². The zero-order valence-corrected chi connectivity index (χ0v) is 14.3. The third kappa shape index (κ3) is 68.9. The number of ether oxygens (including phenoxy) is 1. The first kappa shape index (κ1) is 29.8. The van der Waals surface area contributed by atoms with Crippen molar-refractivity contribution >= 4 is 40.0 Å². The van der Waals surface area contributed by atoms with E-state index in [4.69, 9.17) is 4.74 Å². The Balaban J connectivity index is -0.0000000344. The standard InChI is InChI=1S/C6H13.C4H10O.C2H5.BrH.Mg/c1-3-5-6-4-2;1-3-5-4-2;1-2;;/h1,3-6H2,2H3;3-4H2,1-2H3;1H2,2H3;1H;/q-1;;-1;;+2. The summed E-state index contributed by atoms with van der Waals surface area (Å²) in [5.74, 6) is 0. The van der Waals surface area contributed by atoms with E-state index in [9.17, 15) is 0 Å². The SMILES string of the molecule is Br.CCOCC.[CH2-]C.[CH2-]CCCCC.[Mg+2]. The molecule has 0 aliphatic carbocycles. The molecule has 0 rings (SSSR count). The maximum atomic E-state index is 4.83. The fourth-order valence-corrected chi connectivity index (χ4v) is 0.631. The van der Waals surface area contributed by atoms with Gasteiger partial charge in [0.15, 0.2) is 0 Å². The van der Waals surface area contributed by atoms with Gasteiger partial charge in [0, 0.05) is 13.2 Å². The molecule has 0 unspecified atom stereocenters. The van der Waals surface area contributed by atoms with Gasteiger partial charge in [-0.25, -0.2) is 0 Å². The average Bonchev–Trinajstić information content (AvgIpc) is 2.20. The number of hydrogen-bond donors (Lipinski definition) is 0. The Hall–Kier alpha value is 1.21. The van der Waals surface area contributed by atoms with Crippen molar-refractivity contribution < 1.29 is 4.74 Å². The summed E-state index contributed by atoms with van der Waals surface area (Å²) in [4.78, 5) is 0. The Labute approximate surface area is 125 Å². The van der Waals surface area contributed by atoms with Crippen molar-refractivity contribution in [2.24, 2.45) is 0 Å². The van der Waals surface area contributed by atoms with E-state index in [1.165, 1.54) is 19.3 Å². The molecular weight excluding hydrogens is 264 g/mol. The molecule has 0 saturated heterocycles. The van der Waals surface area contributed by atoms with E-state index in [0.29, 0.717) is 0 Å². The van der Waals surface area contributed by atoms with Crippen molar-refractivity contribution in [2.45, 2.75) is 53.4 Å². The first-order valence-corrected chi connectivity index (χ1v) is 5.41. The molecule has 0 spiro atoms. The molecule has 0 atom stereocenters. The van der Waals surface area contributed by atoms with Crippen LogP contribution >= 0.6 is 17.0 Å². The summed E-state index contributed by atoms with van der Waals surface area (Å²) >= 11 is 0. The summed E-state index contributed by atoms with van der Waals surface area (Å²) in [6.07, 6.45) is 5.07. The second-order valence-corrected chi connectivity index (χ2v) is 2.34. The van der Waals surface area contributed by atoms with Gasteiger partial charge in [-0.15, -0.1) is 17.0 Å². The molecule has 0 aliphatic heterocycles. The van der Waals surface area contributed by atoms with Crippen LogP contribution in [0.2, 0.25) is 0 Å². The van der Waals surface area contributed by atoms with Gasteiger partial charge in [0.25, 0.3) is 0 Å². The van der Waals surface area contributed by atoms with Crippen molar-refractivity contribution in [1.29, 1.82) is 0 Å². The molecule has 0 amide bonds. The predicted octanol–water partition coefficient (Wildman–Crippen LogP) is 4.48. The summed E-state index contributed by atoms with van der Waals surface area (Å²) in [6, 6.07) is 0. The Morgan fingerprint density at radius 3 is 1.40 bits per heavy atom. The van der Waals surface area contributed by atoms with Crippen molar-refractivity contribution in [2.75, 3.05) is 13.2 Å². The minimum Gasteiger partial charge on any atom is -0.382 e. The van der Waals surface area contributed by atoms with Crippen LogP contribution in [0.5, 0.6) is 0 Å². The van der Waals surface area contributed by atoms with Crippen LogP contribution in [-0.4, -0.2) is 36.3 Å². The van der Waals surface area contributed by atoms with Gasteiger partial charge in [-0.1, -0.05) is 26.2 Å². The molecule has 0 heterocycles. The quantitative estimate of drug-likeness (QED) is 0.412. The monoisotopic (exact) mass is 292 g/mol. The van der Waals surface area contributed by atoms with Crippen molar-refractivity contribution in [3.05, 3.63) is 13.8 Å². The predicted molar refractivity (Wildman–Crippen MR) is 78.8 cm³/mol. The maximum Gasteiger partial charge on any atom is 2.00 e. The first-order chi connectivity index (χ1) is 6.33. The molecule has 0 saturated carbocycles. The Kier molecular flexibility index (Phi) is 90.7. The van der Waals surface area contributed by atoms with Gasteiger partial charge < -0.3 is 18.6 Å². The van der Waals surface area contributed by atoms with Gasteiger partial charge in [0.1, 0.15) is 0 Å². The van der Waals surface area contributed by atoms with Crippen LogP contribution in [0, 0.1) is 13.8 Å². The zero-order chi connectivity index (χ0) is 10.9. The maximum absolute atomic E-state index is 4.83. The fraction of sp³-hybridized carbons (Fsp3) is 0.833. The molecular formula is C12H29BrMgO. The van der Waals surface area contributed by atoms with Crippen LogP contribution in [-0.2, 0) is 4.74 Å². The minimum atomic E-state index is 0. The second-order valence-electron chi connectivity index (χ2n) is 2.34. The molecule has 15 heavy (non-hydrogen) atoms. The largest absolute Gasteiger partial charge is 2.00 e. The minimum absolute atomic E-state index is 0. The number of rotatable bonds is 5. The van der Waals surface area contributed by atoms with E-state index >= 15 is 0 Å². The molecule has 3 heteroatoms. The molecule has 0 aromatic rings. The summed E-state index contributed by atoms with van der Waals surface area (Å²) in [5.41, 5.74) is 0. The van der Waals surface area contributed by atoms with E-state index in [2.05, 4.69) is 20.8 Å². The molecule has 0 N–H and O–H groups in total. The Morgan fingerprint density at radius 1 is 0.933 bits per heavy atom. The molecule has 0 aromatic heterocycles. The number of unbranched alkanes of at least 4 members (excludes halogenated alkanes) is 3. The smallest absolute Gasteiger partial charge is 0.382 e. The normalized spacial score (nSPS) is 6.80. The third-order valence-corrected chi connectivity index (χ3v) is 1.26. The van der Waals surface area contributed by atoms with Crippen molar-refractivity contribution in [1.82, 2.24) is 0 Å². The van der Waals surface area contributed by atoms with Crippen molar-refractivity contribution in [3.8, 4) is 0 Å².